The molecule has 0 fully saturated rings. The number of para-hydroxylation sites is 1. The lowest BCUT2D eigenvalue weighted by atomic mass is 9.94. The van der Waals surface area contributed by atoms with E-state index in [1.54, 1.807) is 0 Å². The summed E-state index contributed by atoms with van der Waals surface area (Å²) in [6.07, 6.45) is 0. The number of fused-ring (bicyclic) bond motifs is 1. The number of H-pyrrole nitrogens is 1. The summed E-state index contributed by atoms with van der Waals surface area (Å²) < 4.78 is 0. The molecule has 2 rings (SSSR count). The summed E-state index contributed by atoms with van der Waals surface area (Å²) in [7, 11) is 0. The van der Waals surface area contributed by atoms with Gasteiger partial charge in [-0.2, -0.15) is 5.10 Å². The summed E-state index contributed by atoms with van der Waals surface area (Å²) in [6.45, 7) is 3.90. The second kappa shape index (κ2) is 2.97. The van der Waals surface area contributed by atoms with Crippen LogP contribution in [0.25, 0.3) is 10.9 Å². The van der Waals surface area contributed by atoms with E-state index in [-0.39, 0.29) is 0 Å². The highest BCUT2D eigenvalue weighted by Crippen LogP contribution is 2.28. The van der Waals surface area contributed by atoms with Crippen molar-refractivity contribution in [1.29, 1.82) is 0 Å². The van der Waals surface area contributed by atoms with Crippen molar-refractivity contribution in [2.24, 2.45) is 5.73 Å². The van der Waals surface area contributed by atoms with Gasteiger partial charge in [0, 0.05) is 10.9 Å². The lowest BCUT2D eigenvalue weighted by Gasteiger charge is -2.19. The number of nitrogens with zero attached hydrogens (tertiary/aromatic N) is 1. The van der Waals surface area contributed by atoms with Gasteiger partial charge in [-0.1, -0.05) is 23.7 Å². The normalized spacial score (nSPS) is 12.3. The SMILES string of the molecule is CC(C)(N)c1cccc2c(Cl)[nH]nc12. The number of aromatic amines is 1. The van der Waals surface area contributed by atoms with E-state index in [0.717, 1.165) is 16.5 Å². The van der Waals surface area contributed by atoms with Crippen molar-refractivity contribution in [2.45, 2.75) is 19.4 Å². The number of nitrogens with two attached hydrogens (primary N) is 1. The van der Waals surface area contributed by atoms with Crippen LogP contribution in [-0.4, -0.2) is 10.2 Å². The lowest BCUT2D eigenvalue weighted by molar-refractivity contribution is 0.558. The van der Waals surface area contributed by atoms with Crippen LogP contribution in [0.4, 0.5) is 0 Å². The van der Waals surface area contributed by atoms with Gasteiger partial charge in [0.1, 0.15) is 5.15 Å². The van der Waals surface area contributed by atoms with Crippen LogP contribution in [0, 0.1) is 0 Å². The molecule has 0 aliphatic carbocycles. The van der Waals surface area contributed by atoms with Crippen LogP contribution in [0.3, 0.4) is 0 Å². The number of benzene rings is 1. The summed E-state index contributed by atoms with van der Waals surface area (Å²) in [5, 5.41) is 8.38. The third-order valence-electron chi connectivity index (χ3n) is 2.23. The number of aromatic nitrogens is 2. The van der Waals surface area contributed by atoms with Crippen molar-refractivity contribution >= 4 is 22.5 Å². The maximum atomic E-state index is 6.04. The summed E-state index contributed by atoms with van der Waals surface area (Å²) in [6, 6.07) is 5.84. The number of halogens is 1. The first-order chi connectivity index (χ1) is 6.50. The average Bonchev–Trinajstić information content (AvgIpc) is 2.46. The molecule has 74 valence electrons. The Bertz CT molecular complexity index is 468. The predicted molar refractivity (Wildman–Crippen MR) is 58.3 cm³/mol. The molecular weight excluding hydrogens is 198 g/mol. The van der Waals surface area contributed by atoms with E-state index in [1.165, 1.54) is 0 Å². The first-order valence-electron chi connectivity index (χ1n) is 4.42. The van der Waals surface area contributed by atoms with Crippen LogP contribution in [0.15, 0.2) is 18.2 Å². The molecule has 0 saturated carbocycles. The van der Waals surface area contributed by atoms with Gasteiger partial charge in [0.2, 0.25) is 0 Å². The van der Waals surface area contributed by atoms with E-state index in [1.807, 2.05) is 32.0 Å². The predicted octanol–water partition coefficient (Wildman–Crippen LogP) is 2.41. The molecule has 0 bridgehead atoms. The molecule has 14 heavy (non-hydrogen) atoms. The molecule has 1 aromatic heterocycles. The second-order valence-electron chi connectivity index (χ2n) is 3.96. The Morgan fingerprint density at radius 1 is 1.43 bits per heavy atom. The van der Waals surface area contributed by atoms with Gasteiger partial charge in [0.15, 0.2) is 0 Å². The molecule has 2 aromatic rings. The molecule has 0 aliphatic rings. The molecule has 3 nitrogen and oxygen atoms in total. The number of nitrogens with one attached hydrogen (secondary N) is 1. The van der Waals surface area contributed by atoms with E-state index in [2.05, 4.69) is 10.2 Å². The smallest absolute Gasteiger partial charge is 0.132 e. The molecule has 4 heteroatoms. The minimum Gasteiger partial charge on any atom is -0.322 e. The highest BCUT2D eigenvalue weighted by atomic mass is 35.5. The molecule has 0 unspecified atom stereocenters. The van der Waals surface area contributed by atoms with Gasteiger partial charge in [0.05, 0.1) is 5.52 Å². The van der Waals surface area contributed by atoms with Gasteiger partial charge in [-0.05, 0) is 25.5 Å². The van der Waals surface area contributed by atoms with E-state index in [4.69, 9.17) is 17.3 Å². The lowest BCUT2D eigenvalue weighted by Crippen LogP contribution is -2.28. The van der Waals surface area contributed by atoms with Crippen molar-refractivity contribution < 1.29 is 0 Å². The van der Waals surface area contributed by atoms with Crippen LogP contribution in [0.5, 0.6) is 0 Å². The number of rotatable bonds is 1. The zero-order valence-electron chi connectivity index (χ0n) is 8.13. The third-order valence-corrected chi connectivity index (χ3v) is 2.52. The molecule has 0 saturated heterocycles. The number of hydrogen-bond donors (Lipinski definition) is 2. The Morgan fingerprint density at radius 2 is 2.14 bits per heavy atom. The van der Waals surface area contributed by atoms with Crippen molar-refractivity contribution in [2.75, 3.05) is 0 Å². The number of hydrogen-bond acceptors (Lipinski definition) is 2. The standard InChI is InChI=1S/C10H12ClN3/c1-10(2,12)7-5-3-4-6-8(7)13-14-9(6)11/h3-5H,12H2,1-2H3,(H,13,14). The fourth-order valence-electron chi connectivity index (χ4n) is 1.53. The molecule has 0 spiro atoms. The third kappa shape index (κ3) is 1.38. The van der Waals surface area contributed by atoms with E-state index in [9.17, 15) is 0 Å². The van der Waals surface area contributed by atoms with E-state index >= 15 is 0 Å². The van der Waals surface area contributed by atoms with Gasteiger partial charge >= 0.3 is 0 Å². The Balaban J connectivity index is 2.79. The van der Waals surface area contributed by atoms with Gasteiger partial charge in [-0.25, -0.2) is 0 Å². The van der Waals surface area contributed by atoms with Crippen LogP contribution in [-0.2, 0) is 5.54 Å². The van der Waals surface area contributed by atoms with Crippen LogP contribution in [0.2, 0.25) is 5.15 Å². The molecular formula is C10H12ClN3. The summed E-state index contributed by atoms with van der Waals surface area (Å²) in [5.41, 5.74) is 7.48. The molecule has 0 atom stereocenters. The average molecular weight is 210 g/mol. The minimum atomic E-state index is -0.405. The quantitative estimate of drug-likeness (QED) is 0.758. The Labute approximate surface area is 87.2 Å². The molecule has 0 aliphatic heterocycles. The second-order valence-corrected chi connectivity index (χ2v) is 4.34. The largest absolute Gasteiger partial charge is 0.322 e. The maximum absolute atomic E-state index is 6.04. The van der Waals surface area contributed by atoms with Gasteiger partial charge in [0.25, 0.3) is 0 Å². The Morgan fingerprint density at radius 3 is 2.79 bits per heavy atom. The van der Waals surface area contributed by atoms with Crippen molar-refractivity contribution in [3.05, 3.63) is 28.9 Å². The van der Waals surface area contributed by atoms with E-state index < -0.39 is 5.54 Å². The van der Waals surface area contributed by atoms with Gasteiger partial charge < -0.3 is 5.73 Å². The van der Waals surface area contributed by atoms with Crippen LogP contribution < -0.4 is 5.73 Å². The van der Waals surface area contributed by atoms with Gasteiger partial charge in [-0.3, -0.25) is 5.10 Å². The van der Waals surface area contributed by atoms with Crippen molar-refractivity contribution in [1.82, 2.24) is 10.2 Å². The topological polar surface area (TPSA) is 54.7 Å². The van der Waals surface area contributed by atoms with E-state index in [0.29, 0.717) is 5.15 Å². The zero-order valence-corrected chi connectivity index (χ0v) is 8.89. The Hall–Kier alpha value is -1.06. The molecule has 1 heterocycles. The minimum absolute atomic E-state index is 0.405. The summed E-state index contributed by atoms with van der Waals surface area (Å²) in [5.74, 6) is 0. The molecule has 0 radical (unpaired) electrons. The monoisotopic (exact) mass is 209 g/mol. The van der Waals surface area contributed by atoms with Crippen molar-refractivity contribution in [3.8, 4) is 0 Å². The molecule has 0 amide bonds. The fourth-order valence-corrected chi connectivity index (χ4v) is 1.72. The highest BCUT2D eigenvalue weighted by Gasteiger charge is 2.19. The van der Waals surface area contributed by atoms with Crippen molar-refractivity contribution in [3.63, 3.8) is 0 Å². The molecule has 3 N–H and O–H groups in total. The molecule has 1 aromatic carbocycles. The first-order valence-corrected chi connectivity index (χ1v) is 4.80. The summed E-state index contributed by atoms with van der Waals surface area (Å²) in [4.78, 5) is 0. The fraction of sp³-hybridized carbons (Fsp3) is 0.300. The maximum Gasteiger partial charge on any atom is 0.132 e. The highest BCUT2D eigenvalue weighted by molar-refractivity contribution is 6.34. The van der Waals surface area contributed by atoms with Gasteiger partial charge in [-0.15, -0.1) is 0 Å². The summed E-state index contributed by atoms with van der Waals surface area (Å²) >= 11 is 5.94. The Kier molecular flexibility index (Phi) is 2.01. The first kappa shape index (κ1) is 9.49. The zero-order chi connectivity index (χ0) is 10.3. The van der Waals surface area contributed by atoms with Crippen LogP contribution in [0.1, 0.15) is 19.4 Å². The van der Waals surface area contributed by atoms with Crippen LogP contribution >= 0.6 is 11.6 Å².